The number of amides is 2. The van der Waals surface area contributed by atoms with Crippen LogP contribution in [0.4, 0.5) is 10.5 Å². The summed E-state index contributed by atoms with van der Waals surface area (Å²) in [5.74, 6) is 0.543. The first-order valence-corrected chi connectivity index (χ1v) is 12.6. The van der Waals surface area contributed by atoms with E-state index >= 15 is 0 Å². The van der Waals surface area contributed by atoms with Crippen molar-refractivity contribution in [2.45, 2.75) is 40.3 Å². The Morgan fingerprint density at radius 1 is 0.973 bits per heavy atom. The minimum Gasteiger partial charge on any atom is -0.481 e. The molecular weight excluding hydrogens is 466 g/mol. The van der Waals surface area contributed by atoms with Gasteiger partial charge in [0.15, 0.2) is 11.9 Å². The second-order valence-corrected chi connectivity index (χ2v) is 8.91. The number of carbonyl (C=O) groups is 2. The maximum Gasteiger partial charge on any atom is 0.415 e. The fourth-order valence-electron chi connectivity index (χ4n) is 4.23. The number of nitrogens with one attached hydrogen (secondary N) is 1. The fourth-order valence-corrected chi connectivity index (χ4v) is 4.23. The van der Waals surface area contributed by atoms with Gasteiger partial charge in [0, 0.05) is 31.2 Å². The summed E-state index contributed by atoms with van der Waals surface area (Å²) in [6.45, 7) is 9.26. The summed E-state index contributed by atoms with van der Waals surface area (Å²) in [4.78, 5) is 27.5. The summed E-state index contributed by atoms with van der Waals surface area (Å²) in [7, 11) is 0. The molecule has 7 nitrogen and oxygen atoms in total. The van der Waals surface area contributed by atoms with E-state index in [2.05, 4.69) is 35.0 Å². The number of carbonyl (C=O) groups excluding carboxylic acids is 2. The Hall–Kier alpha value is -4.26. The molecular formula is C30H33N3O4. The Kier molecular flexibility index (Phi) is 8.13. The van der Waals surface area contributed by atoms with Crippen molar-refractivity contribution in [3.8, 4) is 11.5 Å². The third-order valence-electron chi connectivity index (χ3n) is 6.24. The summed E-state index contributed by atoms with van der Waals surface area (Å²) < 4.78 is 13.7. The maximum atomic E-state index is 13.2. The summed E-state index contributed by atoms with van der Waals surface area (Å²) in [6.07, 6.45) is 0.744. The van der Waals surface area contributed by atoms with Crippen LogP contribution in [0.5, 0.6) is 11.5 Å². The second kappa shape index (κ2) is 11.6. The molecule has 3 aromatic carbocycles. The van der Waals surface area contributed by atoms with Gasteiger partial charge in [0.25, 0.3) is 5.91 Å². The standard InChI is InChI=1S/C30H33N3O4/c1-5-32(6-2)30(35)37-27-16-15-26-25(17-18-33(26)20-23-12-10-11-21(3)19-23)28(27)31-29(34)22(4)36-24-13-8-7-9-14-24/h7-19,22H,5-6,20H2,1-4H3,(H,31,34)/t22-/m1/s1. The molecule has 1 N–H and O–H groups in total. The van der Waals surface area contributed by atoms with Crippen molar-refractivity contribution in [3.05, 3.63) is 90.1 Å². The summed E-state index contributed by atoms with van der Waals surface area (Å²) in [5, 5.41) is 3.74. The molecule has 0 bridgehead atoms. The average molecular weight is 500 g/mol. The van der Waals surface area contributed by atoms with Crippen LogP contribution in [0.25, 0.3) is 10.9 Å². The number of fused-ring (bicyclic) bond motifs is 1. The number of para-hydroxylation sites is 1. The van der Waals surface area contributed by atoms with E-state index in [0.29, 0.717) is 31.1 Å². The predicted octanol–water partition coefficient (Wildman–Crippen LogP) is 6.24. The topological polar surface area (TPSA) is 72.8 Å². The van der Waals surface area contributed by atoms with Gasteiger partial charge in [-0.2, -0.15) is 0 Å². The van der Waals surface area contributed by atoms with Gasteiger partial charge in [-0.05, 0) is 63.6 Å². The van der Waals surface area contributed by atoms with Gasteiger partial charge < -0.3 is 24.3 Å². The molecule has 4 aromatic rings. The zero-order valence-electron chi connectivity index (χ0n) is 21.7. The maximum absolute atomic E-state index is 13.2. The number of benzene rings is 3. The number of rotatable bonds is 9. The number of ether oxygens (including phenoxy) is 2. The van der Waals surface area contributed by atoms with E-state index in [1.807, 2.05) is 56.4 Å². The van der Waals surface area contributed by atoms with E-state index < -0.39 is 12.2 Å². The highest BCUT2D eigenvalue weighted by Gasteiger charge is 2.22. The van der Waals surface area contributed by atoms with E-state index in [9.17, 15) is 9.59 Å². The van der Waals surface area contributed by atoms with Gasteiger partial charge in [-0.25, -0.2) is 4.79 Å². The molecule has 0 aliphatic rings. The third-order valence-corrected chi connectivity index (χ3v) is 6.24. The van der Waals surface area contributed by atoms with Crippen molar-refractivity contribution in [2.75, 3.05) is 18.4 Å². The van der Waals surface area contributed by atoms with E-state index in [1.165, 1.54) is 11.1 Å². The Morgan fingerprint density at radius 2 is 1.73 bits per heavy atom. The van der Waals surface area contributed by atoms with Crippen molar-refractivity contribution in [3.63, 3.8) is 0 Å². The van der Waals surface area contributed by atoms with Crippen molar-refractivity contribution in [2.24, 2.45) is 0 Å². The highest BCUT2D eigenvalue weighted by molar-refractivity contribution is 6.06. The van der Waals surface area contributed by atoms with Crippen LogP contribution in [0.2, 0.25) is 0 Å². The molecule has 0 unspecified atom stereocenters. The number of anilines is 1. The first-order chi connectivity index (χ1) is 17.9. The molecule has 0 spiro atoms. The normalized spacial score (nSPS) is 11.7. The molecule has 0 fully saturated rings. The zero-order chi connectivity index (χ0) is 26.4. The molecule has 37 heavy (non-hydrogen) atoms. The summed E-state index contributed by atoms with van der Waals surface area (Å²) in [5.41, 5.74) is 3.72. The van der Waals surface area contributed by atoms with Crippen LogP contribution in [0.1, 0.15) is 31.9 Å². The number of hydrogen-bond donors (Lipinski definition) is 1. The molecule has 1 atom stereocenters. The molecule has 4 rings (SSSR count). The number of aryl methyl sites for hydroxylation is 1. The van der Waals surface area contributed by atoms with Crippen LogP contribution >= 0.6 is 0 Å². The highest BCUT2D eigenvalue weighted by Crippen LogP contribution is 2.35. The second-order valence-electron chi connectivity index (χ2n) is 8.91. The van der Waals surface area contributed by atoms with Crippen LogP contribution in [0.3, 0.4) is 0 Å². The fraction of sp³-hybridized carbons (Fsp3) is 0.267. The van der Waals surface area contributed by atoms with Gasteiger partial charge in [-0.1, -0.05) is 48.0 Å². The molecule has 0 radical (unpaired) electrons. The van der Waals surface area contributed by atoms with Gasteiger partial charge in [0.2, 0.25) is 0 Å². The number of nitrogens with zero attached hydrogens (tertiary/aromatic N) is 2. The SMILES string of the molecule is CCN(CC)C(=O)Oc1ccc2c(ccn2Cc2cccc(C)c2)c1NC(=O)[C@@H](C)Oc1ccccc1. The van der Waals surface area contributed by atoms with E-state index in [-0.39, 0.29) is 11.7 Å². The van der Waals surface area contributed by atoms with Gasteiger partial charge in [-0.15, -0.1) is 0 Å². The van der Waals surface area contributed by atoms with Crippen LogP contribution in [-0.4, -0.2) is 40.7 Å². The van der Waals surface area contributed by atoms with Gasteiger partial charge >= 0.3 is 6.09 Å². The lowest BCUT2D eigenvalue weighted by atomic mass is 10.1. The minimum atomic E-state index is -0.765. The molecule has 0 saturated heterocycles. The molecule has 7 heteroatoms. The zero-order valence-corrected chi connectivity index (χ0v) is 21.7. The van der Waals surface area contributed by atoms with Gasteiger partial charge in [0.1, 0.15) is 5.75 Å². The molecule has 1 aromatic heterocycles. The van der Waals surface area contributed by atoms with Crippen LogP contribution in [0, 0.1) is 6.92 Å². The van der Waals surface area contributed by atoms with Crippen molar-refractivity contribution in [1.82, 2.24) is 9.47 Å². The molecule has 0 aliphatic heterocycles. The number of hydrogen-bond acceptors (Lipinski definition) is 4. The van der Waals surface area contributed by atoms with E-state index in [1.54, 1.807) is 30.0 Å². The van der Waals surface area contributed by atoms with Crippen LogP contribution < -0.4 is 14.8 Å². The van der Waals surface area contributed by atoms with Crippen molar-refractivity contribution >= 4 is 28.6 Å². The monoisotopic (exact) mass is 499 g/mol. The third kappa shape index (κ3) is 6.12. The molecule has 0 saturated carbocycles. The Bertz CT molecular complexity index is 1380. The lowest BCUT2D eigenvalue weighted by molar-refractivity contribution is -0.122. The predicted molar refractivity (Wildman–Crippen MR) is 146 cm³/mol. The Balaban J connectivity index is 1.67. The highest BCUT2D eigenvalue weighted by atomic mass is 16.6. The quantitative estimate of drug-likeness (QED) is 0.296. The number of aromatic nitrogens is 1. The van der Waals surface area contributed by atoms with Crippen LogP contribution in [-0.2, 0) is 11.3 Å². The first-order valence-electron chi connectivity index (χ1n) is 12.6. The first kappa shape index (κ1) is 25.8. The average Bonchev–Trinajstić information content (AvgIpc) is 3.29. The Morgan fingerprint density at radius 3 is 2.43 bits per heavy atom. The van der Waals surface area contributed by atoms with E-state index in [4.69, 9.17) is 9.47 Å². The van der Waals surface area contributed by atoms with Crippen LogP contribution in [0.15, 0.2) is 79.0 Å². The largest absolute Gasteiger partial charge is 0.481 e. The summed E-state index contributed by atoms with van der Waals surface area (Å²) >= 11 is 0. The molecule has 0 aliphatic carbocycles. The Labute approximate surface area is 217 Å². The van der Waals surface area contributed by atoms with E-state index in [0.717, 1.165) is 10.9 Å². The van der Waals surface area contributed by atoms with Crippen molar-refractivity contribution < 1.29 is 19.1 Å². The van der Waals surface area contributed by atoms with Gasteiger partial charge in [-0.3, -0.25) is 4.79 Å². The van der Waals surface area contributed by atoms with Gasteiger partial charge in [0.05, 0.1) is 11.2 Å². The molecule has 192 valence electrons. The molecule has 1 heterocycles. The van der Waals surface area contributed by atoms with Crippen molar-refractivity contribution in [1.29, 1.82) is 0 Å². The molecule has 2 amide bonds. The lowest BCUT2D eigenvalue weighted by Crippen LogP contribution is -2.34. The smallest absolute Gasteiger partial charge is 0.415 e. The lowest BCUT2D eigenvalue weighted by Gasteiger charge is -2.21. The minimum absolute atomic E-state index is 0.290. The summed E-state index contributed by atoms with van der Waals surface area (Å²) in [6, 6.07) is 23.1.